The van der Waals surface area contributed by atoms with Crippen molar-refractivity contribution < 1.29 is 19.0 Å². The molecule has 1 heterocycles. The largest absolute Gasteiger partial charge is 0.493 e. The van der Waals surface area contributed by atoms with Gasteiger partial charge in [0.15, 0.2) is 0 Å². The minimum atomic E-state index is -0.811. The van der Waals surface area contributed by atoms with E-state index in [1.807, 2.05) is 0 Å². The number of nitrogens with zero attached hydrogens (tertiary/aromatic N) is 2. The van der Waals surface area contributed by atoms with Crippen molar-refractivity contribution in [2.45, 2.75) is 33.3 Å². The first-order valence-electron chi connectivity index (χ1n) is 6.57. The van der Waals surface area contributed by atoms with Crippen LogP contribution in [0, 0.1) is 12.7 Å². The zero-order valence-electron chi connectivity index (χ0n) is 12.6. The summed E-state index contributed by atoms with van der Waals surface area (Å²) in [4.78, 5) is 12.0. The number of aromatic hydroxyl groups is 1. The number of aromatic nitrogens is 2. The molecule has 0 aliphatic heterocycles. The Morgan fingerprint density at radius 1 is 1.41 bits per heavy atom. The zero-order chi connectivity index (χ0) is 16.7. The predicted octanol–water partition coefficient (Wildman–Crippen LogP) is 4.14. The quantitative estimate of drug-likeness (QED) is 0.855. The molecule has 2 rings (SSSR count). The van der Waals surface area contributed by atoms with Gasteiger partial charge >= 0.3 is 6.09 Å². The fraction of sp³-hybridized carbons (Fsp3) is 0.333. The van der Waals surface area contributed by atoms with E-state index in [9.17, 15) is 14.3 Å². The molecule has 22 heavy (non-hydrogen) atoms. The van der Waals surface area contributed by atoms with Crippen molar-refractivity contribution in [1.29, 1.82) is 0 Å². The molecule has 1 aromatic heterocycles. The Bertz CT molecular complexity index is 735. The molecule has 0 amide bonds. The van der Waals surface area contributed by atoms with Gasteiger partial charge in [-0.2, -0.15) is 5.10 Å². The Morgan fingerprint density at radius 2 is 2.05 bits per heavy atom. The van der Waals surface area contributed by atoms with Crippen LogP contribution >= 0.6 is 11.6 Å². The lowest BCUT2D eigenvalue weighted by Gasteiger charge is -2.19. The van der Waals surface area contributed by atoms with Gasteiger partial charge in [-0.25, -0.2) is 9.18 Å². The first-order chi connectivity index (χ1) is 10.1. The molecule has 0 spiro atoms. The summed E-state index contributed by atoms with van der Waals surface area (Å²) in [6, 6.07) is 4.08. The van der Waals surface area contributed by atoms with Crippen molar-refractivity contribution in [3.8, 4) is 17.0 Å². The molecule has 0 radical (unpaired) electrons. The number of carbonyl (C=O) groups excluding carboxylic acids is 1. The number of benzene rings is 1. The van der Waals surface area contributed by atoms with E-state index in [1.54, 1.807) is 27.7 Å². The normalized spacial score (nSPS) is 11.5. The minimum absolute atomic E-state index is 0.0274. The Balaban J connectivity index is 2.47. The Kier molecular flexibility index (Phi) is 4.15. The number of rotatable bonds is 1. The van der Waals surface area contributed by atoms with Crippen molar-refractivity contribution in [2.75, 3.05) is 0 Å². The lowest BCUT2D eigenvalue weighted by molar-refractivity contribution is 0.0501. The molecule has 118 valence electrons. The maximum Gasteiger partial charge on any atom is 0.438 e. The fourth-order valence-electron chi connectivity index (χ4n) is 1.94. The van der Waals surface area contributed by atoms with Crippen LogP contribution in [-0.4, -0.2) is 26.6 Å². The third kappa shape index (κ3) is 3.22. The topological polar surface area (TPSA) is 64.4 Å². The lowest BCUT2D eigenvalue weighted by atomic mass is 10.1. The van der Waals surface area contributed by atoms with Gasteiger partial charge in [-0.15, -0.1) is 4.68 Å². The van der Waals surface area contributed by atoms with E-state index in [-0.39, 0.29) is 10.6 Å². The molecule has 0 atom stereocenters. The molecule has 1 aromatic carbocycles. The molecular weight excluding hydrogens is 311 g/mol. The number of hydrogen-bond donors (Lipinski definition) is 1. The van der Waals surface area contributed by atoms with Gasteiger partial charge in [0.2, 0.25) is 5.88 Å². The van der Waals surface area contributed by atoms with Crippen LogP contribution < -0.4 is 0 Å². The molecule has 0 saturated heterocycles. The maximum atomic E-state index is 13.6. The fourth-order valence-corrected chi connectivity index (χ4v) is 2.05. The molecule has 0 saturated carbocycles. The van der Waals surface area contributed by atoms with Gasteiger partial charge in [-0.05, 0) is 45.4 Å². The molecule has 0 aliphatic rings. The second-order valence-corrected chi connectivity index (χ2v) is 6.21. The number of hydrogen-bond acceptors (Lipinski definition) is 4. The van der Waals surface area contributed by atoms with Crippen LogP contribution in [0.2, 0.25) is 5.02 Å². The van der Waals surface area contributed by atoms with Crippen LogP contribution in [0.4, 0.5) is 9.18 Å². The Labute approximate surface area is 132 Å². The summed E-state index contributed by atoms with van der Waals surface area (Å²) in [6.45, 7) is 6.71. The average molecular weight is 327 g/mol. The van der Waals surface area contributed by atoms with Crippen molar-refractivity contribution in [2.24, 2.45) is 0 Å². The highest BCUT2D eigenvalue weighted by atomic mass is 35.5. The molecule has 7 heteroatoms. The highest BCUT2D eigenvalue weighted by molar-refractivity contribution is 6.30. The van der Waals surface area contributed by atoms with Gasteiger partial charge in [-0.1, -0.05) is 17.7 Å². The minimum Gasteiger partial charge on any atom is -0.493 e. The number of aryl methyl sites for hydroxylation is 1. The van der Waals surface area contributed by atoms with Crippen molar-refractivity contribution in [3.05, 3.63) is 34.7 Å². The van der Waals surface area contributed by atoms with Gasteiger partial charge in [0.05, 0.1) is 16.3 Å². The second-order valence-electron chi connectivity index (χ2n) is 5.81. The monoisotopic (exact) mass is 326 g/mol. The van der Waals surface area contributed by atoms with Gasteiger partial charge in [0.1, 0.15) is 11.4 Å². The summed E-state index contributed by atoms with van der Waals surface area (Å²) in [6.07, 6.45) is -0.811. The summed E-state index contributed by atoms with van der Waals surface area (Å²) in [5.74, 6) is -1.03. The van der Waals surface area contributed by atoms with Crippen LogP contribution in [0.25, 0.3) is 11.1 Å². The molecule has 0 unspecified atom stereocenters. The summed E-state index contributed by atoms with van der Waals surface area (Å²) >= 11 is 5.64. The van der Waals surface area contributed by atoms with Crippen LogP contribution in [-0.2, 0) is 4.74 Å². The van der Waals surface area contributed by atoms with Crippen LogP contribution in [0.5, 0.6) is 5.88 Å². The van der Waals surface area contributed by atoms with E-state index in [1.165, 1.54) is 18.2 Å². The Hall–Kier alpha value is -2.08. The lowest BCUT2D eigenvalue weighted by Crippen LogP contribution is -2.27. The van der Waals surface area contributed by atoms with E-state index < -0.39 is 23.4 Å². The molecule has 0 aliphatic carbocycles. The predicted molar refractivity (Wildman–Crippen MR) is 80.7 cm³/mol. The smallest absolute Gasteiger partial charge is 0.438 e. The standard InChI is InChI=1S/C15H16ClFN2O3/c1-8-12(9-5-6-10(16)11(17)7-9)13(20)19(18-8)14(21)22-15(2,3)4/h5-7,20H,1-4H3. The first kappa shape index (κ1) is 16.3. The van der Waals surface area contributed by atoms with E-state index in [0.717, 1.165) is 4.68 Å². The van der Waals surface area contributed by atoms with E-state index in [4.69, 9.17) is 16.3 Å². The molecule has 0 bridgehead atoms. The first-order valence-corrected chi connectivity index (χ1v) is 6.95. The van der Waals surface area contributed by atoms with E-state index >= 15 is 0 Å². The molecule has 2 aromatic rings. The van der Waals surface area contributed by atoms with Crippen molar-refractivity contribution >= 4 is 17.7 Å². The molecule has 0 fully saturated rings. The zero-order valence-corrected chi connectivity index (χ0v) is 13.4. The van der Waals surface area contributed by atoms with Gasteiger partial charge in [0, 0.05) is 0 Å². The van der Waals surface area contributed by atoms with Crippen molar-refractivity contribution in [1.82, 2.24) is 9.78 Å². The van der Waals surface area contributed by atoms with Gasteiger partial charge < -0.3 is 9.84 Å². The van der Waals surface area contributed by atoms with Crippen molar-refractivity contribution in [3.63, 3.8) is 0 Å². The number of halogens is 2. The van der Waals surface area contributed by atoms with Gasteiger partial charge in [-0.3, -0.25) is 0 Å². The second kappa shape index (κ2) is 5.61. The highest BCUT2D eigenvalue weighted by Crippen LogP contribution is 2.34. The third-order valence-corrected chi connectivity index (χ3v) is 3.12. The third-order valence-electron chi connectivity index (χ3n) is 2.81. The van der Waals surface area contributed by atoms with Crippen LogP contribution in [0.3, 0.4) is 0 Å². The number of ether oxygens (including phenoxy) is 1. The SMILES string of the molecule is Cc1nn(C(=O)OC(C)(C)C)c(O)c1-c1ccc(Cl)c(F)c1. The number of carbonyl (C=O) groups is 1. The molecule has 1 N–H and O–H groups in total. The summed E-state index contributed by atoms with van der Waals surface area (Å²) in [5.41, 5.74) is 0.258. The summed E-state index contributed by atoms with van der Waals surface area (Å²) in [5, 5.41) is 14.2. The van der Waals surface area contributed by atoms with Gasteiger partial charge in [0.25, 0.3) is 0 Å². The van der Waals surface area contributed by atoms with Crippen LogP contribution in [0.15, 0.2) is 18.2 Å². The Morgan fingerprint density at radius 3 is 2.59 bits per heavy atom. The van der Waals surface area contributed by atoms with E-state index in [2.05, 4.69) is 5.10 Å². The summed E-state index contributed by atoms with van der Waals surface area (Å²) < 4.78 is 19.5. The maximum absolute atomic E-state index is 13.6. The average Bonchev–Trinajstić information content (AvgIpc) is 2.67. The molecule has 5 nitrogen and oxygen atoms in total. The molecular formula is C15H16ClFN2O3. The van der Waals surface area contributed by atoms with E-state index in [0.29, 0.717) is 11.3 Å². The summed E-state index contributed by atoms with van der Waals surface area (Å²) in [7, 11) is 0. The highest BCUT2D eigenvalue weighted by Gasteiger charge is 2.25. The van der Waals surface area contributed by atoms with Crippen LogP contribution in [0.1, 0.15) is 26.5 Å².